The van der Waals surface area contributed by atoms with Crippen molar-refractivity contribution in [2.24, 2.45) is 0 Å². The molecular weight excluding hydrogens is 203 g/mol. The van der Waals surface area contributed by atoms with Gasteiger partial charge in [0.2, 0.25) is 0 Å². The highest BCUT2D eigenvalue weighted by molar-refractivity contribution is 5.21. The molecule has 0 aliphatic carbocycles. The van der Waals surface area contributed by atoms with Crippen LogP contribution in [0, 0.1) is 11.6 Å². The molecule has 4 heteroatoms. The molecule has 1 nitrogen and oxygen atoms in total. The zero-order valence-corrected chi connectivity index (χ0v) is 8.19. The topological polar surface area (TPSA) is 12.0 Å². The number of halogens is 3. The van der Waals surface area contributed by atoms with Gasteiger partial charge in [-0.25, -0.2) is 13.2 Å². The van der Waals surface area contributed by atoms with Crippen LogP contribution in [0.4, 0.5) is 13.2 Å². The van der Waals surface area contributed by atoms with Crippen molar-refractivity contribution in [3.8, 4) is 0 Å². The summed E-state index contributed by atoms with van der Waals surface area (Å²) >= 11 is 0. The van der Waals surface area contributed by atoms with Gasteiger partial charge in [0.25, 0.3) is 0 Å². The Kier molecular flexibility index (Phi) is 2.69. The Labute approximate surface area is 86.3 Å². The fraction of sp³-hybridized carbons (Fsp3) is 0.455. The average Bonchev–Trinajstić information content (AvgIpc) is 2.59. The van der Waals surface area contributed by atoms with Gasteiger partial charge in [0.15, 0.2) is 0 Å². The highest BCUT2D eigenvalue weighted by Gasteiger charge is 2.34. The normalized spacial score (nSPS) is 25.8. The second kappa shape index (κ2) is 3.85. The molecule has 1 heterocycles. The van der Waals surface area contributed by atoms with Crippen LogP contribution in [0.3, 0.4) is 0 Å². The standard InChI is InChI=1S/C11H12F3N/c12-9-1-2-10(13)8(5-9)6-11(14)3-4-15-7-11/h1-2,5,15H,3-4,6-7H2. The van der Waals surface area contributed by atoms with Gasteiger partial charge in [-0.2, -0.15) is 0 Å². The second-order valence-corrected chi connectivity index (χ2v) is 3.99. The maximum Gasteiger partial charge on any atom is 0.128 e. The minimum atomic E-state index is -1.44. The van der Waals surface area contributed by atoms with Gasteiger partial charge in [-0.05, 0) is 36.7 Å². The van der Waals surface area contributed by atoms with Gasteiger partial charge in [0.1, 0.15) is 17.3 Å². The summed E-state index contributed by atoms with van der Waals surface area (Å²) in [6, 6.07) is 3.14. The molecule has 1 aromatic rings. The third kappa shape index (κ3) is 2.31. The minimum absolute atomic E-state index is 0.0659. The Morgan fingerprint density at radius 1 is 1.33 bits per heavy atom. The summed E-state index contributed by atoms with van der Waals surface area (Å²) in [5, 5.41) is 2.88. The summed E-state index contributed by atoms with van der Waals surface area (Å²) in [5.41, 5.74) is -1.32. The molecule has 1 aliphatic heterocycles. The van der Waals surface area contributed by atoms with Gasteiger partial charge in [0.05, 0.1) is 0 Å². The maximum absolute atomic E-state index is 14.0. The summed E-state index contributed by atoms with van der Waals surface area (Å²) in [5.74, 6) is -1.07. The molecule has 15 heavy (non-hydrogen) atoms. The van der Waals surface area contributed by atoms with Gasteiger partial charge in [0, 0.05) is 13.0 Å². The van der Waals surface area contributed by atoms with E-state index in [0.29, 0.717) is 13.0 Å². The molecule has 1 aromatic carbocycles. The third-order valence-electron chi connectivity index (χ3n) is 2.71. The van der Waals surface area contributed by atoms with Crippen LogP contribution in [0.25, 0.3) is 0 Å². The lowest BCUT2D eigenvalue weighted by Gasteiger charge is -2.18. The van der Waals surface area contributed by atoms with Gasteiger partial charge >= 0.3 is 0 Å². The molecule has 0 spiro atoms. The van der Waals surface area contributed by atoms with Crippen molar-refractivity contribution in [2.75, 3.05) is 13.1 Å². The third-order valence-corrected chi connectivity index (χ3v) is 2.71. The first kappa shape index (κ1) is 10.5. The van der Waals surface area contributed by atoms with Crippen molar-refractivity contribution in [3.05, 3.63) is 35.4 Å². The highest BCUT2D eigenvalue weighted by atomic mass is 19.1. The molecule has 0 saturated carbocycles. The van der Waals surface area contributed by atoms with E-state index in [9.17, 15) is 13.2 Å². The van der Waals surface area contributed by atoms with Crippen LogP contribution >= 0.6 is 0 Å². The van der Waals surface area contributed by atoms with E-state index in [4.69, 9.17) is 0 Å². The Bertz CT molecular complexity index is 359. The van der Waals surface area contributed by atoms with Crippen LogP contribution in [-0.2, 0) is 6.42 Å². The SMILES string of the molecule is Fc1ccc(F)c(CC2(F)CCNC2)c1. The van der Waals surface area contributed by atoms with Crippen LogP contribution in [0.1, 0.15) is 12.0 Å². The lowest BCUT2D eigenvalue weighted by Crippen LogP contribution is -2.29. The van der Waals surface area contributed by atoms with E-state index in [2.05, 4.69) is 5.32 Å². The monoisotopic (exact) mass is 215 g/mol. The summed E-state index contributed by atoms with van der Waals surface area (Å²) in [4.78, 5) is 0. The van der Waals surface area contributed by atoms with Crippen LogP contribution in [0.2, 0.25) is 0 Å². The smallest absolute Gasteiger partial charge is 0.128 e. The highest BCUT2D eigenvalue weighted by Crippen LogP contribution is 2.26. The van der Waals surface area contributed by atoms with E-state index < -0.39 is 17.3 Å². The average molecular weight is 215 g/mol. The van der Waals surface area contributed by atoms with Crippen molar-refractivity contribution in [1.82, 2.24) is 5.32 Å². The maximum atomic E-state index is 14.0. The Morgan fingerprint density at radius 2 is 2.13 bits per heavy atom. The number of alkyl halides is 1. The fourth-order valence-corrected chi connectivity index (χ4v) is 1.88. The number of hydrogen-bond donors (Lipinski definition) is 1. The Balaban J connectivity index is 2.19. The van der Waals surface area contributed by atoms with Crippen LogP contribution in [0.5, 0.6) is 0 Å². The molecule has 1 atom stereocenters. The van der Waals surface area contributed by atoms with Crippen molar-refractivity contribution in [1.29, 1.82) is 0 Å². The summed E-state index contributed by atoms with van der Waals surface area (Å²) in [7, 11) is 0. The number of nitrogens with one attached hydrogen (secondary N) is 1. The number of rotatable bonds is 2. The first-order valence-corrected chi connectivity index (χ1v) is 4.93. The predicted molar refractivity (Wildman–Crippen MR) is 51.4 cm³/mol. The van der Waals surface area contributed by atoms with Crippen LogP contribution < -0.4 is 5.32 Å². The quantitative estimate of drug-likeness (QED) is 0.797. The van der Waals surface area contributed by atoms with Gasteiger partial charge in [-0.1, -0.05) is 0 Å². The zero-order valence-electron chi connectivity index (χ0n) is 8.19. The van der Waals surface area contributed by atoms with Crippen LogP contribution in [-0.4, -0.2) is 18.8 Å². The summed E-state index contributed by atoms with van der Waals surface area (Å²) < 4.78 is 40.0. The molecule has 0 amide bonds. The lowest BCUT2D eigenvalue weighted by atomic mass is 9.95. The molecule has 1 fully saturated rings. The Morgan fingerprint density at radius 3 is 2.80 bits per heavy atom. The summed E-state index contributed by atoms with van der Waals surface area (Å²) in [6.45, 7) is 0.802. The molecule has 1 saturated heterocycles. The second-order valence-electron chi connectivity index (χ2n) is 3.99. The van der Waals surface area contributed by atoms with E-state index in [1.54, 1.807) is 0 Å². The molecule has 1 N–H and O–H groups in total. The largest absolute Gasteiger partial charge is 0.313 e. The first-order valence-electron chi connectivity index (χ1n) is 4.93. The Hall–Kier alpha value is -1.03. The lowest BCUT2D eigenvalue weighted by molar-refractivity contribution is 0.188. The van der Waals surface area contributed by atoms with Gasteiger partial charge < -0.3 is 5.32 Å². The first-order chi connectivity index (χ1) is 7.09. The number of hydrogen-bond acceptors (Lipinski definition) is 1. The molecule has 0 radical (unpaired) electrons. The predicted octanol–water partition coefficient (Wildman–Crippen LogP) is 2.21. The fourth-order valence-electron chi connectivity index (χ4n) is 1.88. The van der Waals surface area contributed by atoms with E-state index in [0.717, 1.165) is 18.2 Å². The van der Waals surface area contributed by atoms with Crippen LogP contribution in [0.15, 0.2) is 18.2 Å². The number of benzene rings is 1. The zero-order chi connectivity index (χ0) is 10.9. The molecular formula is C11H12F3N. The molecule has 2 rings (SSSR count). The van der Waals surface area contributed by atoms with Crippen molar-refractivity contribution >= 4 is 0 Å². The van der Waals surface area contributed by atoms with Crippen molar-refractivity contribution in [2.45, 2.75) is 18.5 Å². The van der Waals surface area contributed by atoms with Gasteiger partial charge in [-0.3, -0.25) is 0 Å². The van der Waals surface area contributed by atoms with Gasteiger partial charge in [-0.15, -0.1) is 0 Å². The van der Waals surface area contributed by atoms with E-state index in [-0.39, 0.29) is 18.5 Å². The summed E-state index contributed by atoms with van der Waals surface area (Å²) in [6.07, 6.45) is 0.284. The molecule has 1 unspecified atom stereocenters. The van der Waals surface area contributed by atoms with E-state index in [1.165, 1.54) is 0 Å². The molecule has 0 aromatic heterocycles. The molecule has 82 valence electrons. The van der Waals surface area contributed by atoms with E-state index >= 15 is 0 Å². The van der Waals surface area contributed by atoms with Crippen molar-refractivity contribution < 1.29 is 13.2 Å². The minimum Gasteiger partial charge on any atom is -0.313 e. The van der Waals surface area contributed by atoms with E-state index in [1.807, 2.05) is 0 Å². The molecule has 1 aliphatic rings. The molecule has 0 bridgehead atoms. The van der Waals surface area contributed by atoms with Crippen molar-refractivity contribution in [3.63, 3.8) is 0 Å².